The number of fused-ring (bicyclic) bond motifs is 2. The predicted molar refractivity (Wildman–Crippen MR) is 158 cm³/mol. The molecule has 21 nitrogen and oxygen atoms in total. The maximum Gasteiger partial charge on any atom is 0.280 e. The van der Waals surface area contributed by atoms with Crippen molar-refractivity contribution in [1.29, 1.82) is 0 Å². The van der Waals surface area contributed by atoms with Crippen molar-refractivity contribution in [1.82, 2.24) is 44.4 Å². The molecule has 2 aliphatic heterocycles. The SMILES string of the molecule is COC[C@H]1O[C@@H](n2cnc3c(N)ncnc32)[C@H](OC)[C@@H]1CC(=O)NC[C@H]1O[C@@H](n2cnc3c(=O)[nH]c(N)nc32)[C@H](F)[C@@H]1OP(=O)([O-])OC. The Morgan fingerprint density at radius 1 is 1.06 bits per heavy atom. The predicted octanol–water partition coefficient (Wildman–Crippen LogP) is -1.46. The fraction of sp³-hybridized carbons (Fsp3) is 0.560. The van der Waals surface area contributed by atoms with Crippen molar-refractivity contribution < 1.29 is 46.6 Å². The Hall–Kier alpha value is -4.15. The summed E-state index contributed by atoms with van der Waals surface area (Å²) in [6, 6.07) is 0. The lowest BCUT2D eigenvalue weighted by atomic mass is 9.93. The first-order valence-corrected chi connectivity index (χ1v) is 15.9. The van der Waals surface area contributed by atoms with Crippen LogP contribution >= 0.6 is 7.82 Å². The van der Waals surface area contributed by atoms with Gasteiger partial charge in [-0.25, -0.2) is 24.3 Å². The average Bonchev–Trinajstić information content (AvgIpc) is 3.81. The van der Waals surface area contributed by atoms with Crippen LogP contribution in [-0.4, -0.2) is 110 Å². The van der Waals surface area contributed by atoms with Crippen LogP contribution in [0.15, 0.2) is 23.8 Å². The van der Waals surface area contributed by atoms with E-state index in [4.69, 9.17) is 34.9 Å². The van der Waals surface area contributed by atoms with Crippen LogP contribution in [0.5, 0.6) is 0 Å². The number of halogens is 1. The number of ether oxygens (including phenoxy) is 4. The summed E-state index contributed by atoms with van der Waals surface area (Å²) < 4.78 is 63.5. The number of aromatic nitrogens is 8. The second kappa shape index (κ2) is 13.4. The molecular weight excluding hydrogens is 664 g/mol. The first-order valence-electron chi connectivity index (χ1n) is 14.4. The summed E-state index contributed by atoms with van der Waals surface area (Å²) in [5.74, 6) is -1.17. The fourth-order valence-corrected chi connectivity index (χ4v) is 6.59. The number of phosphoric acid groups is 1. The number of nitrogens with two attached hydrogens (primary N) is 2. The summed E-state index contributed by atoms with van der Waals surface area (Å²) in [4.78, 5) is 60.6. The highest BCUT2D eigenvalue weighted by atomic mass is 31.2. The summed E-state index contributed by atoms with van der Waals surface area (Å²) in [5.41, 5.74) is 11.4. The van der Waals surface area contributed by atoms with Crippen molar-refractivity contribution in [3.8, 4) is 0 Å². The second-order valence-corrected chi connectivity index (χ2v) is 12.4. The van der Waals surface area contributed by atoms with Gasteiger partial charge in [-0.3, -0.25) is 28.3 Å². The molecule has 2 aliphatic rings. The van der Waals surface area contributed by atoms with Gasteiger partial charge in [-0.2, -0.15) is 4.98 Å². The van der Waals surface area contributed by atoms with E-state index in [0.717, 1.165) is 18.0 Å². The molecular formula is C25H32FN11O10P-. The second-order valence-electron chi connectivity index (χ2n) is 11.0. The van der Waals surface area contributed by atoms with Gasteiger partial charge in [-0.05, 0) is 0 Å². The maximum atomic E-state index is 15.9. The topological polar surface area (TPSA) is 284 Å². The van der Waals surface area contributed by atoms with Crippen LogP contribution in [0.1, 0.15) is 18.9 Å². The number of rotatable bonds is 12. The van der Waals surface area contributed by atoms with Gasteiger partial charge in [0.15, 0.2) is 41.3 Å². The zero-order valence-electron chi connectivity index (χ0n) is 25.7. The quantitative estimate of drug-likeness (QED) is 0.123. The maximum absolute atomic E-state index is 15.9. The molecule has 0 saturated carbocycles. The third-order valence-corrected chi connectivity index (χ3v) is 9.10. The summed E-state index contributed by atoms with van der Waals surface area (Å²) in [6.07, 6.45) is -5.20. The van der Waals surface area contributed by atoms with Crippen LogP contribution in [0.3, 0.4) is 0 Å². The summed E-state index contributed by atoms with van der Waals surface area (Å²) in [6.45, 7) is -0.278. The molecule has 0 aromatic carbocycles. The molecule has 4 aromatic heterocycles. The van der Waals surface area contributed by atoms with Crippen molar-refractivity contribution in [2.24, 2.45) is 5.92 Å². The van der Waals surface area contributed by atoms with Gasteiger partial charge in [0.1, 0.15) is 30.2 Å². The lowest BCUT2D eigenvalue weighted by molar-refractivity contribution is -0.229. The molecule has 0 spiro atoms. The van der Waals surface area contributed by atoms with E-state index in [-0.39, 0.29) is 36.0 Å². The molecule has 1 unspecified atom stereocenters. The third-order valence-electron chi connectivity index (χ3n) is 8.15. The van der Waals surface area contributed by atoms with Gasteiger partial charge in [0.2, 0.25) is 11.9 Å². The Morgan fingerprint density at radius 3 is 2.48 bits per heavy atom. The number of carbonyl (C=O) groups excluding carboxylic acids is 1. The molecule has 6 N–H and O–H groups in total. The van der Waals surface area contributed by atoms with E-state index >= 15 is 4.39 Å². The number of phosphoric ester groups is 1. The Balaban J connectivity index is 1.20. The number of aromatic amines is 1. The number of nitrogen functional groups attached to an aromatic ring is 2. The molecule has 6 rings (SSSR count). The number of nitrogens with zero attached hydrogens (tertiary/aromatic N) is 7. The Morgan fingerprint density at radius 2 is 1.77 bits per heavy atom. The molecule has 2 fully saturated rings. The van der Waals surface area contributed by atoms with E-state index < -0.39 is 74.8 Å². The van der Waals surface area contributed by atoms with E-state index in [9.17, 15) is 19.0 Å². The highest BCUT2D eigenvalue weighted by Gasteiger charge is 2.50. The number of hydrogen-bond acceptors (Lipinski definition) is 17. The minimum Gasteiger partial charge on any atom is -0.756 e. The molecule has 0 radical (unpaired) electrons. The summed E-state index contributed by atoms with van der Waals surface area (Å²) in [7, 11) is -1.19. The van der Waals surface area contributed by atoms with Gasteiger partial charge in [0, 0.05) is 40.2 Å². The van der Waals surface area contributed by atoms with Gasteiger partial charge in [0.05, 0.1) is 25.4 Å². The van der Waals surface area contributed by atoms with Crippen molar-refractivity contribution in [2.45, 2.75) is 49.5 Å². The number of alkyl halides is 1. The number of nitrogens with one attached hydrogen (secondary N) is 2. The highest BCUT2D eigenvalue weighted by molar-refractivity contribution is 7.45. The number of anilines is 2. The molecule has 23 heteroatoms. The van der Waals surface area contributed by atoms with E-state index in [1.54, 1.807) is 4.57 Å². The molecule has 1 amide bonds. The Labute approximate surface area is 269 Å². The van der Waals surface area contributed by atoms with Crippen LogP contribution in [0, 0.1) is 5.92 Å². The van der Waals surface area contributed by atoms with Gasteiger partial charge in [-0.15, -0.1) is 0 Å². The minimum atomic E-state index is -4.99. The molecule has 4 aromatic rings. The number of amides is 1. The van der Waals surface area contributed by atoms with Crippen molar-refractivity contribution in [2.75, 3.05) is 45.9 Å². The lowest BCUT2D eigenvalue weighted by Gasteiger charge is -2.28. The monoisotopic (exact) mass is 696 g/mol. The van der Waals surface area contributed by atoms with Crippen LogP contribution in [-0.2, 0) is 37.4 Å². The van der Waals surface area contributed by atoms with E-state index in [2.05, 4.69) is 39.7 Å². The van der Waals surface area contributed by atoms with Crippen LogP contribution in [0.25, 0.3) is 22.3 Å². The largest absolute Gasteiger partial charge is 0.756 e. The van der Waals surface area contributed by atoms with Crippen molar-refractivity contribution >= 4 is 47.8 Å². The lowest BCUT2D eigenvalue weighted by Crippen LogP contribution is -2.42. The molecule has 0 aliphatic carbocycles. The standard InChI is InChI=1S/C25H33FN11O10P/c1-42-6-12-10(17(43-2)24(46-12)36-8-32-15-19(27)30-7-31-20(15)36)4-13(38)29-5-11-18(47-48(40,41)44-3)14(26)23(45-11)37-9-33-16-21(37)34-25(28)35-22(16)39/h7-12,14,17-18,23-24H,4-6H2,1-3H3,(H,29,38)(H,40,41)(H2,27,30,31)(H3,28,34,35,39)/p-1/t10-,11-,12-,14-,17-,18-,23-,24-/m1/s1. The van der Waals surface area contributed by atoms with Gasteiger partial charge in [-0.1, -0.05) is 0 Å². The van der Waals surface area contributed by atoms with Crippen molar-refractivity contribution in [3.05, 3.63) is 29.3 Å². The highest BCUT2D eigenvalue weighted by Crippen LogP contribution is 2.45. The molecule has 48 heavy (non-hydrogen) atoms. The van der Waals surface area contributed by atoms with E-state index in [0.29, 0.717) is 11.2 Å². The van der Waals surface area contributed by atoms with Crippen LogP contribution < -0.4 is 27.2 Å². The molecule has 2 saturated heterocycles. The summed E-state index contributed by atoms with van der Waals surface area (Å²) >= 11 is 0. The molecule has 0 bridgehead atoms. The number of methoxy groups -OCH3 is 2. The number of hydrogen-bond donors (Lipinski definition) is 4. The average molecular weight is 697 g/mol. The smallest absolute Gasteiger partial charge is 0.280 e. The summed E-state index contributed by atoms with van der Waals surface area (Å²) in [5, 5.41) is 2.65. The van der Waals surface area contributed by atoms with Crippen LogP contribution in [0.2, 0.25) is 0 Å². The zero-order valence-corrected chi connectivity index (χ0v) is 26.6. The first kappa shape index (κ1) is 33.7. The van der Waals surface area contributed by atoms with E-state index in [1.165, 1.54) is 26.9 Å². The molecule has 260 valence electrons. The minimum absolute atomic E-state index is 0.112. The van der Waals surface area contributed by atoms with Gasteiger partial charge < -0.3 is 49.7 Å². The van der Waals surface area contributed by atoms with Gasteiger partial charge >= 0.3 is 0 Å². The zero-order chi connectivity index (χ0) is 34.3. The molecule has 6 heterocycles. The Bertz CT molecular complexity index is 1910. The fourth-order valence-electron chi connectivity index (χ4n) is 5.96. The van der Waals surface area contributed by atoms with Gasteiger partial charge in [0.25, 0.3) is 13.4 Å². The number of carbonyl (C=O) groups is 1. The van der Waals surface area contributed by atoms with E-state index in [1.807, 2.05) is 0 Å². The number of imidazole rings is 2. The van der Waals surface area contributed by atoms with Crippen molar-refractivity contribution in [3.63, 3.8) is 0 Å². The van der Waals surface area contributed by atoms with Crippen LogP contribution in [0.4, 0.5) is 16.2 Å². The Kier molecular flexibility index (Phi) is 9.42. The third kappa shape index (κ3) is 6.23. The molecule has 9 atom stereocenters. The number of H-pyrrole nitrogens is 1. The first-order chi connectivity index (χ1) is 23.0. The normalized spacial score (nSPS) is 28.7.